The summed E-state index contributed by atoms with van der Waals surface area (Å²) >= 11 is 0. The molecule has 0 aliphatic carbocycles. The highest BCUT2D eigenvalue weighted by Crippen LogP contribution is 2.31. The Bertz CT molecular complexity index is 1130. The number of aryl methyl sites for hydroxylation is 1. The van der Waals surface area contributed by atoms with Crippen LogP contribution in [0.2, 0.25) is 0 Å². The fourth-order valence-electron chi connectivity index (χ4n) is 2.93. The lowest BCUT2D eigenvalue weighted by Crippen LogP contribution is -1.99. The number of nitriles is 1. The molecule has 0 atom stereocenters. The molecule has 0 aromatic heterocycles. The van der Waals surface area contributed by atoms with Crippen molar-refractivity contribution in [1.29, 1.82) is 5.26 Å². The van der Waals surface area contributed by atoms with Gasteiger partial charge in [-0.05, 0) is 59.5 Å². The molecule has 0 heterocycles. The second kappa shape index (κ2) is 9.39. The Morgan fingerprint density at radius 3 is 2.47 bits per heavy atom. The van der Waals surface area contributed by atoms with Gasteiger partial charge in [0.2, 0.25) is 0 Å². The van der Waals surface area contributed by atoms with Gasteiger partial charge in [-0.15, -0.1) is 0 Å². The predicted octanol–water partition coefficient (Wildman–Crippen LogP) is 5.56. The van der Waals surface area contributed by atoms with Gasteiger partial charge in [-0.25, -0.2) is 0 Å². The predicted molar refractivity (Wildman–Crippen MR) is 115 cm³/mol. The first-order valence-corrected chi connectivity index (χ1v) is 9.24. The third kappa shape index (κ3) is 4.83. The zero-order valence-corrected chi connectivity index (χ0v) is 16.7. The molecule has 3 aromatic carbocycles. The van der Waals surface area contributed by atoms with Gasteiger partial charge in [-0.1, -0.05) is 30.3 Å². The summed E-state index contributed by atoms with van der Waals surface area (Å²) in [5.41, 5.74) is 3.96. The topological polar surface area (TPSA) is 85.4 Å². The molecule has 0 fully saturated rings. The average Bonchev–Trinajstić information content (AvgIpc) is 2.77. The normalized spacial score (nSPS) is 10.9. The van der Waals surface area contributed by atoms with Crippen molar-refractivity contribution in [1.82, 2.24) is 0 Å². The van der Waals surface area contributed by atoms with Crippen molar-refractivity contribution < 1.29 is 14.4 Å². The third-order valence-electron chi connectivity index (χ3n) is 4.65. The maximum Gasteiger partial charge on any atom is 0.269 e. The molecule has 3 rings (SSSR count). The zero-order chi connectivity index (χ0) is 21.5. The average molecular weight is 400 g/mol. The van der Waals surface area contributed by atoms with Crippen molar-refractivity contribution in [2.75, 3.05) is 7.11 Å². The van der Waals surface area contributed by atoms with Crippen molar-refractivity contribution >= 4 is 17.3 Å². The van der Waals surface area contributed by atoms with E-state index in [2.05, 4.69) is 6.07 Å². The van der Waals surface area contributed by atoms with Crippen LogP contribution in [0, 0.1) is 28.4 Å². The van der Waals surface area contributed by atoms with Crippen LogP contribution >= 0.6 is 0 Å². The van der Waals surface area contributed by atoms with Gasteiger partial charge in [-0.2, -0.15) is 5.26 Å². The first-order valence-electron chi connectivity index (χ1n) is 9.24. The maximum absolute atomic E-state index is 10.8. The second-order valence-corrected chi connectivity index (χ2v) is 6.60. The van der Waals surface area contributed by atoms with Crippen molar-refractivity contribution in [3.05, 3.63) is 99.1 Å². The summed E-state index contributed by atoms with van der Waals surface area (Å²) in [7, 11) is 1.56. The van der Waals surface area contributed by atoms with Gasteiger partial charge >= 0.3 is 0 Å². The molecule has 0 radical (unpaired) electrons. The molecule has 0 N–H and O–H groups in total. The fourth-order valence-corrected chi connectivity index (χ4v) is 2.93. The fraction of sp³-hybridized carbons (Fsp3) is 0.125. The van der Waals surface area contributed by atoms with Crippen LogP contribution in [-0.4, -0.2) is 12.0 Å². The Labute approximate surface area is 174 Å². The molecule has 3 aromatic rings. The number of ether oxygens (including phenoxy) is 2. The summed E-state index contributed by atoms with van der Waals surface area (Å²) < 4.78 is 11.4. The number of benzene rings is 3. The number of non-ortho nitro benzene ring substituents is 1. The number of hydrogen-bond donors (Lipinski definition) is 0. The van der Waals surface area contributed by atoms with E-state index in [0.29, 0.717) is 29.2 Å². The SMILES string of the molecule is COc1cc(C=C(C#N)c2ccc([N+](=O)[O-])cc2)ccc1OCc1ccccc1C. The quantitative estimate of drug-likeness (QED) is 0.224. The van der Waals surface area contributed by atoms with Crippen LogP contribution in [0.25, 0.3) is 11.6 Å². The summed E-state index contributed by atoms with van der Waals surface area (Å²) in [4.78, 5) is 10.3. The lowest BCUT2D eigenvalue weighted by molar-refractivity contribution is -0.384. The first-order chi connectivity index (χ1) is 14.5. The van der Waals surface area contributed by atoms with Crippen LogP contribution in [0.4, 0.5) is 5.69 Å². The zero-order valence-electron chi connectivity index (χ0n) is 16.7. The largest absolute Gasteiger partial charge is 0.493 e. The number of nitrogens with zero attached hydrogens (tertiary/aromatic N) is 2. The number of rotatable bonds is 7. The highest BCUT2D eigenvalue weighted by molar-refractivity contribution is 5.90. The Balaban J connectivity index is 1.83. The molecule has 0 spiro atoms. The second-order valence-electron chi connectivity index (χ2n) is 6.60. The van der Waals surface area contributed by atoms with Crippen LogP contribution in [0.5, 0.6) is 11.5 Å². The lowest BCUT2D eigenvalue weighted by atomic mass is 10.0. The van der Waals surface area contributed by atoms with Gasteiger partial charge < -0.3 is 9.47 Å². The summed E-state index contributed by atoms with van der Waals surface area (Å²) in [5, 5.41) is 20.3. The van der Waals surface area contributed by atoms with E-state index in [-0.39, 0.29) is 5.69 Å². The van der Waals surface area contributed by atoms with Crippen LogP contribution < -0.4 is 9.47 Å². The van der Waals surface area contributed by atoms with Crippen molar-refractivity contribution in [2.24, 2.45) is 0 Å². The van der Waals surface area contributed by atoms with E-state index in [4.69, 9.17) is 9.47 Å². The van der Waals surface area contributed by atoms with E-state index < -0.39 is 4.92 Å². The van der Waals surface area contributed by atoms with Crippen LogP contribution in [0.1, 0.15) is 22.3 Å². The Hall–Kier alpha value is -4.11. The number of allylic oxidation sites excluding steroid dienone is 1. The Morgan fingerprint density at radius 1 is 1.10 bits per heavy atom. The summed E-state index contributed by atoms with van der Waals surface area (Å²) in [6.07, 6.45) is 1.70. The first kappa shape index (κ1) is 20.6. The maximum atomic E-state index is 10.8. The minimum Gasteiger partial charge on any atom is -0.493 e. The van der Waals surface area contributed by atoms with E-state index in [0.717, 1.165) is 16.7 Å². The molecule has 150 valence electrons. The van der Waals surface area contributed by atoms with Crippen LogP contribution in [0.3, 0.4) is 0 Å². The van der Waals surface area contributed by atoms with Gasteiger partial charge in [0.25, 0.3) is 5.69 Å². The highest BCUT2D eigenvalue weighted by atomic mass is 16.6. The molecule has 30 heavy (non-hydrogen) atoms. The van der Waals surface area contributed by atoms with Gasteiger partial charge in [-0.3, -0.25) is 10.1 Å². The van der Waals surface area contributed by atoms with Gasteiger partial charge in [0.05, 0.1) is 23.7 Å². The molecular weight excluding hydrogens is 380 g/mol. The molecule has 0 unspecified atom stereocenters. The molecule has 0 aliphatic rings. The lowest BCUT2D eigenvalue weighted by Gasteiger charge is -2.13. The third-order valence-corrected chi connectivity index (χ3v) is 4.65. The summed E-state index contributed by atoms with van der Waals surface area (Å²) in [5.74, 6) is 1.16. The highest BCUT2D eigenvalue weighted by Gasteiger charge is 2.09. The van der Waals surface area contributed by atoms with Crippen LogP contribution in [-0.2, 0) is 6.61 Å². The minimum absolute atomic E-state index is 0.0205. The van der Waals surface area contributed by atoms with Crippen molar-refractivity contribution in [3.8, 4) is 17.6 Å². The van der Waals surface area contributed by atoms with Crippen molar-refractivity contribution in [2.45, 2.75) is 13.5 Å². The van der Waals surface area contributed by atoms with Gasteiger partial charge in [0.1, 0.15) is 6.61 Å². The standard InChI is InChI=1S/C24H20N2O4/c1-17-5-3-4-6-20(17)16-30-23-12-7-18(14-24(23)29-2)13-21(15-25)19-8-10-22(11-9-19)26(27)28/h3-14H,16H2,1-2H3. The monoisotopic (exact) mass is 400 g/mol. The molecule has 0 bridgehead atoms. The van der Waals surface area contributed by atoms with Gasteiger partial charge in [0, 0.05) is 12.1 Å². The van der Waals surface area contributed by atoms with E-state index >= 15 is 0 Å². The molecule has 6 nitrogen and oxygen atoms in total. The van der Waals surface area contributed by atoms with Gasteiger partial charge in [0.15, 0.2) is 11.5 Å². The smallest absolute Gasteiger partial charge is 0.269 e. The van der Waals surface area contributed by atoms with Crippen LogP contribution in [0.15, 0.2) is 66.7 Å². The van der Waals surface area contributed by atoms with E-state index in [1.165, 1.54) is 12.1 Å². The van der Waals surface area contributed by atoms with E-state index in [1.54, 1.807) is 37.5 Å². The minimum atomic E-state index is -0.472. The molecule has 0 saturated carbocycles. The number of nitro benzene ring substituents is 1. The molecule has 0 aliphatic heterocycles. The number of methoxy groups -OCH3 is 1. The Kier molecular flexibility index (Phi) is 6.46. The van der Waals surface area contributed by atoms with E-state index in [9.17, 15) is 15.4 Å². The number of nitro groups is 1. The molecule has 6 heteroatoms. The van der Waals surface area contributed by atoms with Crippen molar-refractivity contribution in [3.63, 3.8) is 0 Å². The summed E-state index contributed by atoms with van der Waals surface area (Å²) in [6.45, 7) is 2.45. The Morgan fingerprint density at radius 2 is 1.83 bits per heavy atom. The van der Waals surface area contributed by atoms with E-state index in [1.807, 2.05) is 37.3 Å². The molecular formula is C24H20N2O4. The number of hydrogen-bond acceptors (Lipinski definition) is 5. The molecule has 0 amide bonds. The summed E-state index contributed by atoms with van der Waals surface area (Å²) in [6, 6.07) is 21.4. The molecule has 0 saturated heterocycles.